The Kier molecular flexibility index (Phi) is 11.0. The minimum absolute atomic E-state index is 0.0290. The lowest BCUT2D eigenvalue weighted by molar-refractivity contribution is -0.154. The van der Waals surface area contributed by atoms with Crippen molar-refractivity contribution in [3.63, 3.8) is 0 Å². The van der Waals surface area contributed by atoms with Crippen LogP contribution in [0.2, 0.25) is 5.02 Å². The van der Waals surface area contributed by atoms with Gasteiger partial charge in [-0.25, -0.2) is 4.79 Å². The minimum atomic E-state index is -4.56. The van der Waals surface area contributed by atoms with Crippen LogP contribution < -0.4 is 14.8 Å². The number of carbonyl (C=O) groups excluding carboxylic acids is 1. The van der Waals surface area contributed by atoms with E-state index in [9.17, 15) is 18.0 Å². The highest BCUT2D eigenvalue weighted by atomic mass is 79.9. The number of hydrogen-bond donors (Lipinski definition) is 1. The molecule has 0 aliphatic rings. The predicted molar refractivity (Wildman–Crippen MR) is 148 cm³/mol. The van der Waals surface area contributed by atoms with E-state index in [2.05, 4.69) is 36.2 Å². The quantitative estimate of drug-likeness (QED) is 0.131. The Morgan fingerprint density at radius 1 is 1.00 bits per heavy atom. The Morgan fingerprint density at radius 2 is 1.70 bits per heavy atom. The highest BCUT2D eigenvalue weighted by molar-refractivity contribution is 9.09. The van der Waals surface area contributed by atoms with Gasteiger partial charge < -0.3 is 19.5 Å². The van der Waals surface area contributed by atoms with Crippen molar-refractivity contribution in [1.29, 1.82) is 0 Å². The van der Waals surface area contributed by atoms with Crippen molar-refractivity contribution in [3.05, 3.63) is 70.0 Å². The van der Waals surface area contributed by atoms with Gasteiger partial charge in [0.05, 0.1) is 17.2 Å². The zero-order chi connectivity index (χ0) is 29.3. The van der Waals surface area contributed by atoms with Crippen molar-refractivity contribution in [2.24, 2.45) is 0 Å². The minimum Gasteiger partial charge on any atom is -0.492 e. The predicted octanol–water partition coefficient (Wildman–Crippen LogP) is 6.79. The van der Waals surface area contributed by atoms with Gasteiger partial charge in [0.25, 0.3) is 0 Å². The first kappa shape index (κ1) is 31.4. The summed E-state index contributed by atoms with van der Waals surface area (Å²) >= 11 is 9.66. The fourth-order valence-electron chi connectivity index (χ4n) is 3.23. The second-order valence-corrected chi connectivity index (χ2v) is 10.8. The number of halogens is 5. The molecule has 0 aliphatic heterocycles. The van der Waals surface area contributed by atoms with Gasteiger partial charge in [-0.2, -0.15) is 28.1 Å². The molecule has 1 aromatic heterocycles. The summed E-state index contributed by atoms with van der Waals surface area (Å²) in [5.41, 5.74) is 1.22. The molecule has 0 aliphatic carbocycles. The summed E-state index contributed by atoms with van der Waals surface area (Å²) < 4.78 is 54.1. The zero-order valence-electron chi connectivity index (χ0n) is 22.1. The number of alkyl halides is 4. The first-order valence-corrected chi connectivity index (χ1v) is 13.8. The molecule has 0 fully saturated rings. The van der Waals surface area contributed by atoms with Gasteiger partial charge in [-0.1, -0.05) is 45.7 Å². The number of ether oxygens (including phenoxy) is 3. The monoisotopic (exact) mass is 644 g/mol. The van der Waals surface area contributed by atoms with Gasteiger partial charge in [-0.05, 0) is 62.6 Å². The zero-order valence-corrected chi connectivity index (χ0v) is 24.5. The lowest BCUT2D eigenvalue weighted by Crippen LogP contribution is -2.23. The van der Waals surface area contributed by atoms with Crippen LogP contribution in [0.4, 0.5) is 19.1 Å². The molecule has 2 aromatic carbocycles. The number of nitrogens with zero attached hydrogens (tertiary/aromatic N) is 3. The van der Waals surface area contributed by atoms with Crippen LogP contribution in [-0.4, -0.2) is 51.2 Å². The van der Waals surface area contributed by atoms with Crippen molar-refractivity contribution in [2.45, 2.75) is 51.9 Å². The highest BCUT2D eigenvalue weighted by Gasteiger charge is 2.29. The molecule has 1 N–H and O–H groups in total. The molecule has 0 unspecified atom stereocenters. The molecule has 0 atom stereocenters. The van der Waals surface area contributed by atoms with E-state index in [1.54, 1.807) is 63.2 Å². The normalized spacial score (nSPS) is 11.7. The van der Waals surface area contributed by atoms with E-state index in [1.165, 1.54) is 0 Å². The molecule has 0 saturated carbocycles. The molecule has 0 radical (unpaired) electrons. The summed E-state index contributed by atoms with van der Waals surface area (Å²) in [5.74, 6) is 0.288. The second kappa shape index (κ2) is 14.0. The Labute approximate surface area is 243 Å². The first-order valence-electron chi connectivity index (χ1n) is 12.3. The van der Waals surface area contributed by atoms with Crippen molar-refractivity contribution >= 4 is 39.4 Å². The van der Waals surface area contributed by atoms with Crippen LogP contribution in [0.5, 0.6) is 11.8 Å². The maximum Gasteiger partial charge on any atom is 0.422 e. The topological polar surface area (TPSA) is 95.5 Å². The molecule has 3 aromatic rings. The smallest absolute Gasteiger partial charge is 0.422 e. The summed E-state index contributed by atoms with van der Waals surface area (Å²) in [6.45, 7) is 4.52. The molecular formula is C27H29BrClF3N4O4. The van der Waals surface area contributed by atoms with Gasteiger partial charge in [0.2, 0.25) is 5.95 Å². The number of benzene rings is 2. The molecule has 0 bridgehead atoms. The average molecular weight is 646 g/mol. The number of rotatable bonds is 12. The molecule has 3 rings (SSSR count). The van der Waals surface area contributed by atoms with E-state index in [-0.39, 0.29) is 24.7 Å². The largest absolute Gasteiger partial charge is 0.492 e. The van der Waals surface area contributed by atoms with E-state index in [4.69, 9.17) is 25.8 Å². The van der Waals surface area contributed by atoms with Crippen molar-refractivity contribution in [3.8, 4) is 11.8 Å². The summed E-state index contributed by atoms with van der Waals surface area (Å²) in [5, 5.41) is 4.22. The molecule has 13 heteroatoms. The van der Waals surface area contributed by atoms with E-state index in [0.717, 1.165) is 17.3 Å². The third-order valence-corrected chi connectivity index (χ3v) is 5.82. The van der Waals surface area contributed by atoms with Gasteiger partial charge >= 0.3 is 18.2 Å². The highest BCUT2D eigenvalue weighted by Crippen LogP contribution is 2.26. The summed E-state index contributed by atoms with van der Waals surface area (Å²) in [7, 11) is 0. The Bertz CT molecular complexity index is 1290. The first-order chi connectivity index (χ1) is 18.8. The molecule has 216 valence electrons. The molecule has 40 heavy (non-hydrogen) atoms. The number of carbonyl (C=O) groups is 1. The van der Waals surface area contributed by atoms with Crippen LogP contribution in [0.15, 0.2) is 42.5 Å². The SMILES string of the molecule is CC(C)(C)OC(=O)c1ccc(Cc2nc(NCc3ccc(OCCCBr)c(Cl)c3)nc(OCC(F)(F)F)n2)cc1. The fraction of sp³-hybridized carbons (Fsp3) is 0.407. The van der Waals surface area contributed by atoms with E-state index in [0.29, 0.717) is 28.5 Å². The lowest BCUT2D eigenvalue weighted by Gasteiger charge is -2.19. The van der Waals surface area contributed by atoms with Gasteiger partial charge in [-0.15, -0.1) is 0 Å². The van der Waals surface area contributed by atoms with E-state index < -0.39 is 30.4 Å². The molecule has 0 amide bonds. The Hall–Kier alpha value is -3.12. The Morgan fingerprint density at radius 3 is 2.33 bits per heavy atom. The number of anilines is 1. The number of nitrogens with one attached hydrogen (secondary N) is 1. The summed E-state index contributed by atoms with van der Waals surface area (Å²) in [4.78, 5) is 24.6. The van der Waals surface area contributed by atoms with Crippen LogP contribution in [0.25, 0.3) is 0 Å². The molecular weight excluding hydrogens is 617 g/mol. The third-order valence-electron chi connectivity index (χ3n) is 4.96. The maximum absolute atomic E-state index is 12.8. The van der Waals surface area contributed by atoms with Gasteiger partial charge in [0.15, 0.2) is 6.61 Å². The number of esters is 1. The lowest BCUT2D eigenvalue weighted by atomic mass is 10.1. The van der Waals surface area contributed by atoms with E-state index in [1.807, 2.05) is 0 Å². The van der Waals surface area contributed by atoms with Crippen LogP contribution in [0.1, 0.15) is 54.5 Å². The van der Waals surface area contributed by atoms with Gasteiger partial charge in [-0.3, -0.25) is 0 Å². The number of aromatic nitrogens is 3. The van der Waals surface area contributed by atoms with Gasteiger partial charge in [0.1, 0.15) is 17.2 Å². The van der Waals surface area contributed by atoms with Crippen molar-refractivity contribution in [2.75, 3.05) is 23.9 Å². The third kappa shape index (κ3) is 10.8. The molecule has 0 saturated heterocycles. The fourth-order valence-corrected chi connectivity index (χ4v) is 3.72. The average Bonchev–Trinajstić information content (AvgIpc) is 2.86. The van der Waals surface area contributed by atoms with Crippen molar-refractivity contribution in [1.82, 2.24) is 15.0 Å². The molecule has 1 heterocycles. The maximum atomic E-state index is 12.8. The van der Waals surface area contributed by atoms with Crippen LogP contribution >= 0.6 is 27.5 Å². The van der Waals surface area contributed by atoms with Crippen molar-refractivity contribution < 1.29 is 32.2 Å². The summed E-state index contributed by atoms with van der Waals surface area (Å²) in [6.07, 6.45) is -3.58. The molecule has 8 nitrogen and oxygen atoms in total. The molecule has 0 spiro atoms. The van der Waals surface area contributed by atoms with Crippen LogP contribution in [0, 0.1) is 0 Å². The number of hydrogen-bond acceptors (Lipinski definition) is 8. The van der Waals surface area contributed by atoms with Crippen LogP contribution in [0.3, 0.4) is 0 Å². The Balaban J connectivity index is 1.74. The van der Waals surface area contributed by atoms with Gasteiger partial charge in [0, 0.05) is 18.3 Å². The summed E-state index contributed by atoms with van der Waals surface area (Å²) in [6, 6.07) is 11.4. The second-order valence-electron chi connectivity index (χ2n) is 9.65. The van der Waals surface area contributed by atoms with Crippen LogP contribution in [-0.2, 0) is 17.7 Å². The standard InChI is InChI=1S/C27H29BrClF3N4O4/c1-26(2,3)40-23(37)19-8-5-17(6-9-19)14-22-34-24(36-25(35-22)39-16-27(30,31)32)33-15-18-7-10-21(20(29)13-18)38-12-4-11-28/h5-10,13H,4,11-12,14-16H2,1-3H3,(H,33,34,35,36). The van der Waals surface area contributed by atoms with E-state index >= 15 is 0 Å².